The van der Waals surface area contributed by atoms with Crippen molar-refractivity contribution in [3.63, 3.8) is 0 Å². The van der Waals surface area contributed by atoms with Crippen molar-refractivity contribution in [3.8, 4) is 5.82 Å². The molecule has 6 heteroatoms. The SMILES string of the molecule is O=C=NC1(c2ccc(-n3cncn3)nc2)CC1. The Hall–Kier alpha value is -2.33. The number of hydrogen-bond donors (Lipinski definition) is 0. The summed E-state index contributed by atoms with van der Waals surface area (Å²) in [6, 6.07) is 3.75. The predicted octanol–water partition coefficient (Wildman–Crippen LogP) is 0.987. The summed E-state index contributed by atoms with van der Waals surface area (Å²) in [5.41, 5.74) is 0.583. The van der Waals surface area contributed by atoms with E-state index in [0.29, 0.717) is 5.82 Å². The number of hydrogen-bond acceptors (Lipinski definition) is 5. The zero-order valence-corrected chi connectivity index (χ0v) is 8.95. The van der Waals surface area contributed by atoms with Crippen LogP contribution in [0.4, 0.5) is 0 Å². The molecule has 0 bridgehead atoms. The van der Waals surface area contributed by atoms with E-state index >= 15 is 0 Å². The largest absolute Gasteiger partial charge is 0.237 e. The average molecular weight is 227 g/mol. The van der Waals surface area contributed by atoms with Crippen LogP contribution in [0.1, 0.15) is 18.4 Å². The molecule has 0 atom stereocenters. The molecule has 2 aromatic rings. The maximum Gasteiger partial charge on any atom is 0.235 e. The van der Waals surface area contributed by atoms with Crippen LogP contribution in [0.3, 0.4) is 0 Å². The van der Waals surface area contributed by atoms with Crippen molar-refractivity contribution in [1.82, 2.24) is 19.7 Å². The second-order valence-electron chi connectivity index (χ2n) is 3.98. The number of aromatic nitrogens is 4. The van der Waals surface area contributed by atoms with Gasteiger partial charge in [-0.3, -0.25) is 0 Å². The monoisotopic (exact) mass is 227 g/mol. The lowest BCUT2D eigenvalue weighted by Crippen LogP contribution is -2.05. The summed E-state index contributed by atoms with van der Waals surface area (Å²) >= 11 is 0. The second-order valence-corrected chi connectivity index (χ2v) is 3.98. The van der Waals surface area contributed by atoms with Crippen molar-refractivity contribution >= 4 is 6.08 Å². The van der Waals surface area contributed by atoms with Crippen molar-refractivity contribution in [2.24, 2.45) is 4.99 Å². The Bertz CT molecular complexity index is 564. The highest BCUT2D eigenvalue weighted by molar-refractivity contribution is 5.41. The lowest BCUT2D eigenvalue weighted by Gasteiger charge is -2.07. The summed E-state index contributed by atoms with van der Waals surface area (Å²) in [4.78, 5) is 22.3. The Balaban J connectivity index is 1.93. The Labute approximate surface area is 97.0 Å². The summed E-state index contributed by atoms with van der Waals surface area (Å²) in [6.07, 6.45) is 8.16. The molecular weight excluding hydrogens is 218 g/mol. The second kappa shape index (κ2) is 3.61. The third-order valence-corrected chi connectivity index (χ3v) is 2.92. The molecule has 2 aromatic heterocycles. The van der Waals surface area contributed by atoms with Gasteiger partial charge in [0.05, 0.1) is 5.54 Å². The molecule has 2 heterocycles. The molecule has 0 radical (unpaired) electrons. The number of carbonyl (C=O) groups excluding carboxylic acids is 1. The first-order valence-corrected chi connectivity index (χ1v) is 5.25. The van der Waals surface area contributed by atoms with Gasteiger partial charge >= 0.3 is 0 Å². The third-order valence-electron chi connectivity index (χ3n) is 2.92. The van der Waals surface area contributed by atoms with E-state index in [1.165, 1.54) is 6.33 Å². The number of pyridine rings is 1. The molecule has 0 unspecified atom stereocenters. The minimum Gasteiger partial charge on any atom is -0.237 e. The molecule has 0 saturated heterocycles. The van der Waals surface area contributed by atoms with Gasteiger partial charge in [0, 0.05) is 6.20 Å². The zero-order valence-electron chi connectivity index (χ0n) is 8.95. The van der Waals surface area contributed by atoms with Crippen molar-refractivity contribution in [1.29, 1.82) is 0 Å². The summed E-state index contributed by atoms with van der Waals surface area (Å²) in [5.74, 6) is 0.692. The Kier molecular flexibility index (Phi) is 2.09. The normalized spacial score (nSPS) is 16.2. The van der Waals surface area contributed by atoms with E-state index in [4.69, 9.17) is 0 Å². The molecule has 1 saturated carbocycles. The molecule has 0 N–H and O–H groups in total. The first kappa shape index (κ1) is 9.86. The Morgan fingerprint density at radius 1 is 1.41 bits per heavy atom. The molecule has 1 aliphatic rings. The van der Waals surface area contributed by atoms with Crippen LogP contribution in [0, 0.1) is 0 Å². The molecule has 3 rings (SSSR count). The van der Waals surface area contributed by atoms with Gasteiger partial charge in [-0.05, 0) is 24.5 Å². The highest BCUT2D eigenvalue weighted by Crippen LogP contribution is 2.48. The average Bonchev–Trinajstić information content (AvgIpc) is 2.94. The molecule has 0 amide bonds. The molecule has 0 aromatic carbocycles. The number of isocyanates is 1. The van der Waals surface area contributed by atoms with Crippen LogP contribution in [-0.2, 0) is 10.3 Å². The third kappa shape index (κ3) is 1.64. The number of rotatable bonds is 3. The van der Waals surface area contributed by atoms with Crippen LogP contribution in [0.15, 0.2) is 36.0 Å². The van der Waals surface area contributed by atoms with Crippen LogP contribution >= 0.6 is 0 Å². The van der Waals surface area contributed by atoms with Gasteiger partial charge in [-0.15, -0.1) is 0 Å². The van der Waals surface area contributed by atoms with Crippen LogP contribution in [-0.4, -0.2) is 25.8 Å². The highest BCUT2D eigenvalue weighted by Gasteiger charge is 2.45. The number of aliphatic imine (C=N–C) groups is 1. The van der Waals surface area contributed by atoms with Gasteiger partial charge in [-0.25, -0.2) is 19.4 Å². The molecule has 1 aliphatic carbocycles. The minimum absolute atomic E-state index is 0.365. The summed E-state index contributed by atoms with van der Waals surface area (Å²) in [5, 5.41) is 3.99. The fraction of sp³-hybridized carbons (Fsp3) is 0.273. The molecule has 17 heavy (non-hydrogen) atoms. The quantitative estimate of drug-likeness (QED) is 0.579. The molecule has 84 valence electrons. The van der Waals surface area contributed by atoms with Gasteiger partial charge in [0.2, 0.25) is 6.08 Å². The van der Waals surface area contributed by atoms with Crippen LogP contribution < -0.4 is 0 Å². The lowest BCUT2D eigenvalue weighted by atomic mass is 10.1. The lowest BCUT2D eigenvalue weighted by molar-refractivity contribution is 0.556. The summed E-state index contributed by atoms with van der Waals surface area (Å²) in [7, 11) is 0. The van der Waals surface area contributed by atoms with Crippen LogP contribution in [0.25, 0.3) is 5.82 Å². The van der Waals surface area contributed by atoms with Gasteiger partial charge in [-0.1, -0.05) is 6.07 Å². The van der Waals surface area contributed by atoms with Gasteiger partial charge in [0.1, 0.15) is 12.7 Å². The zero-order chi connectivity index (χ0) is 11.7. The van der Waals surface area contributed by atoms with Crippen LogP contribution in [0.5, 0.6) is 0 Å². The Morgan fingerprint density at radius 3 is 2.82 bits per heavy atom. The van der Waals surface area contributed by atoms with E-state index in [0.717, 1.165) is 18.4 Å². The van der Waals surface area contributed by atoms with Crippen molar-refractivity contribution in [2.45, 2.75) is 18.4 Å². The smallest absolute Gasteiger partial charge is 0.235 e. The standard InChI is InChI=1S/C11H9N5O/c17-8-14-11(3-4-11)9-1-2-10(13-5-9)16-7-12-6-15-16/h1-2,5-7H,3-4H2. The minimum atomic E-state index is -0.365. The van der Waals surface area contributed by atoms with Gasteiger partial charge in [0.25, 0.3) is 0 Å². The maximum atomic E-state index is 10.4. The fourth-order valence-corrected chi connectivity index (χ4v) is 1.79. The maximum absolute atomic E-state index is 10.4. The van der Waals surface area contributed by atoms with Crippen molar-refractivity contribution in [3.05, 3.63) is 36.5 Å². The van der Waals surface area contributed by atoms with E-state index in [2.05, 4.69) is 20.1 Å². The summed E-state index contributed by atoms with van der Waals surface area (Å²) < 4.78 is 1.58. The van der Waals surface area contributed by atoms with Crippen molar-refractivity contribution in [2.75, 3.05) is 0 Å². The first-order valence-electron chi connectivity index (χ1n) is 5.25. The first-order chi connectivity index (χ1) is 8.34. The van der Waals surface area contributed by atoms with Crippen molar-refractivity contribution < 1.29 is 4.79 Å². The molecule has 0 spiro atoms. The predicted molar refractivity (Wildman–Crippen MR) is 58.2 cm³/mol. The van der Waals surface area contributed by atoms with Gasteiger partial charge in [0.15, 0.2) is 5.82 Å². The van der Waals surface area contributed by atoms with Gasteiger partial charge < -0.3 is 0 Å². The molecule has 6 nitrogen and oxygen atoms in total. The number of nitrogens with zero attached hydrogens (tertiary/aromatic N) is 5. The van der Waals surface area contributed by atoms with E-state index in [1.807, 2.05) is 12.1 Å². The highest BCUT2D eigenvalue weighted by atomic mass is 16.1. The van der Waals surface area contributed by atoms with E-state index in [-0.39, 0.29) is 5.54 Å². The van der Waals surface area contributed by atoms with E-state index in [9.17, 15) is 4.79 Å². The fourth-order valence-electron chi connectivity index (χ4n) is 1.79. The molecule has 1 fully saturated rings. The molecular formula is C11H9N5O. The summed E-state index contributed by atoms with van der Waals surface area (Å²) in [6.45, 7) is 0. The van der Waals surface area contributed by atoms with Crippen LogP contribution in [0.2, 0.25) is 0 Å². The topological polar surface area (TPSA) is 73.0 Å². The van der Waals surface area contributed by atoms with Gasteiger partial charge in [-0.2, -0.15) is 10.1 Å². The molecule has 0 aliphatic heterocycles. The van der Waals surface area contributed by atoms with E-state index < -0.39 is 0 Å². The van der Waals surface area contributed by atoms with E-state index in [1.54, 1.807) is 23.3 Å². The Morgan fingerprint density at radius 2 is 2.29 bits per heavy atom.